The molecule has 2 rings (SSSR count). The molecule has 104 valence electrons. The van der Waals surface area contributed by atoms with E-state index in [4.69, 9.17) is 0 Å². The summed E-state index contributed by atoms with van der Waals surface area (Å²) in [5.41, 5.74) is 0. The van der Waals surface area contributed by atoms with E-state index < -0.39 is 9.84 Å². The predicted molar refractivity (Wildman–Crippen MR) is 82.6 cm³/mol. The zero-order valence-corrected chi connectivity index (χ0v) is 12.9. The molecular weight excluding hydrogens is 278 g/mol. The average Bonchev–Trinajstić information content (AvgIpc) is 2.82. The number of nitrogens with one attached hydrogen (secondary N) is 1. The molecule has 1 unspecified atom stereocenters. The maximum Gasteiger partial charge on any atom is 0.151 e. The summed E-state index contributed by atoms with van der Waals surface area (Å²) >= 11 is 1.76. The van der Waals surface area contributed by atoms with Gasteiger partial charge in [0.15, 0.2) is 9.84 Å². The molecule has 0 aliphatic rings. The Morgan fingerprint density at radius 3 is 2.74 bits per heavy atom. The van der Waals surface area contributed by atoms with E-state index in [2.05, 4.69) is 30.4 Å². The van der Waals surface area contributed by atoms with E-state index in [9.17, 15) is 8.42 Å². The SMILES string of the molecule is CCS(=O)(=O)CCNC(C)c1cc2ccccc2s1. The third-order valence-corrected chi connectivity index (χ3v) is 6.18. The Bertz CT molecular complexity index is 613. The Morgan fingerprint density at radius 2 is 2.05 bits per heavy atom. The first-order chi connectivity index (χ1) is 9.02. The highest BCUT2D eigenvalue weighted by molar-refractivity contribution is 7.91. The number of rotatable bonds is 6. The van der Waals surface area contributed by atoms with Gasteiger partial charge >= 0.3 is 0 Å². The fourth-order valence-electron chi connectivity index (χ4n) is 1.89. The van der Waals surface area contributed by atoms with E-state index in [0.29, 0.717) is 6.54 Å². The number of sulfone groups is 1. The van der Waals surface area contributed by atoms with Crippen LogP contribution in [0.5, 0.6) is 0 Å². The molecule has 0 spiro atoms. The number of hydrogen-bond donors (Lipinski definition) is 1. The average molecular weight is 297 g/mol. The van der Waals surface area contributed by atoms with Crippen molar-refractivity contribution in [3.63, 3.8) is 0 Å². The predicted octanol–water partition coefficient (Wildman–Crippen LogP) is 2.99. The van der Waals surface area contributed by atoms with E-state index >= 15 is 0 Å². The minimum atomic E-state index is -2.88. The lowest BCUT2D eigenvalue weighted by Gasteiger charge is -2.11. The second-order valence-corrected chi connectivity index (χ2v) is 8.19. The Hall–Kier alpha value is -0.910. The molecule has 1 aromatic carbocycles. The van der Waals surface area contributed by atoms with Crippen LogP contribution >= 0.6 is 11.3 Å². The van der Waals surface area contributed by atoms with Crippen LogP contribution < -0.4 is 5.32 Å². The molecule has 3 nitrogen and oxygen atoms in total. The van der Waals surface area contributed by atoms with Crippen LogP contribution in [0.25, 0.3) is 10.1 Å². The zero-order chi connectivity index (χ0) is 13.9. The first-order valence-electron chi connectivity index (χ1n) is 6.44. The fraction of sp³-hybridized carbons (Fsp3) is 0.429. The van der Waals surface area contributed by atoms with Crippen LogP contribution in [0.2, 0.25) is 0 Å². The lowest BCUT2D eigenvalue weighted by Crippen LogP contribution is -2.25. The number of thiophene rings is 1. The maximum atomic E-state index is 11.4. The number of hydrogen-bond acceptors (Lipinski definition) is 4. The molecule has 0 bridgehead atoms. The molecule has 0 amide bonds. The monoisotopic (exact) mass is 297 g/mol. The van der Waals surface area contributed by atoms with Gasteiger partial charge in [0, 0.05) is 27.9 Å². The van der Waals surface area contributed by atoms with E-state index in [1.165, 1.54) is 15.0 Å². The Morgan fingerprint density at radius 1 is 1.32 bits per heavy atom. The van der Waals surface area contributed by atoms with E-state index in [-0.39, 0.29) is 17.5 Å². The summed E-state index contributed by atoms with van der Waals surface area (Å²) in [6.45, 7) is 4.26. The van der Waals surface area contributed by atoms with Crippen LogP contribution in [0.3, 0.4) is 0 Å². The van der Waals surface area contributed by atoms with Gasteiger partial charge in [0.05, 0.1) is 5.75 Å². The van der Waals surface area contributed by atoms with Crippen molar-refractivity contribution >= 4 is 31.3 Å². The summed E-state index contributed by atoms with van der Waals surface area (Å²) < 4.78 is 24.1. The van der Waals surface area contributed by atoms with Crippen LogP contribution in [-0.4, -0.2) is 26.5 Å². The Kier molecular flexibility index (Phi) is 4.60. The van der Waals surface area contributed by atoms with Crippen molar-refractivity contribution in [2.75, 3.05) is 18.1 Å². The molecule has 0 saturated heterocycles. The molecule has 5 heteroatoms. The summed E-state index contributed by atoms with van der Waals surface area (Å²) in [6, 6.07) is 10.6. The Labute approximate surface area is 118 Å². The Balaban J connectivity index is 1.98. The molecule has 1 heterocycles. The van der Waals surface area contributed by atoms with E-state index in [1.807, 2.05) is 12.1 Å². The van der Waals surface area contributed by atoms with Crippen molar-refractivity contribution < 1.29 is 8.42 Å². The van der Waals surface area contributed by atoms with Crippen molar-refractivity contribution in [3.05, 3.63) is 35.2 Å². The first kappa shape index (κ1) is 14.5. The standard InChI is InChI=1S/C14H19NO2S2/c1-3-19(16,17)9-8-15-11(2)14-10-12-6-4-5-7-13(12)18-14/h4-7,10-11,15H,3,8-9H2,1-2H3. The topological polar surface area (TPSA) is 46.2 Å². The summed E-state index contributed by atoms with van der Waals surface area (Å²) in [5.74, 6) is 0.421. The highest BCUT2D eigenvalue weighted by atomic mass is 32.2. The van der Waals surface area contributed by atoms with Crippen LogP contribution in [0, 0.1) is 0 Å². The molecule has 0 saturated carbocycles. The van der Waals surface area contributed by atoms with Crippen molar-refractivity contribution in [3.8, 4) is 0 Å². The molecule has 0 fully saturated rings. The van der Waals surface area contributed by atoms with Crippen molar-refractivity contribution in [1.29, 1.82) is 0 Å². The maximum absolute atomic E-state index is 11.4. The summed E-state index contributed by atoms with van der Waals surface area (Å²) in [6.07, 6.45) is 0. The summed E-state index contributed by atoms with van der Waals surface area (Å²) in [5, 5.41) is 4.53. The first-order valence-corrected chi connectivity index (χ1v) is 9.08. The zero-order valence-electron chi connectivity index (χ0n) is 11.2. The van der Waals surface area contributed by atoms with Gasteiger partial charge < -0.3 is 5.32 Å². The number of benzene rings is 1. The fourth-order valence-corrected chi connectivity index (χ4v) is 3.70. The summed E-state index contributed by atoms with van der Waals surface area (Å²) in [4.78, 5) is 1.25. The highest BCUT2D eigenvalue weighted by Crippen LogP contribution is 2.29. The smallest absolute Gasteiger partial charge is 0.151 e. The lowest BCUT2D eigenvalue weighted by atomic mass is 10.2. The molecule has 0 aliphatic carbocycles. The minimum absolute atomic E-state index is 0.185. The van der Waals surface area contributed by atoms with Gasteiger partial charge in [0.2, 0.25) is 0 Å². The van der Waals surface area contributed by atoms with Gasteiger partial charge in [-0.05, 0) is 24.4 Å². The molecule has 1 atom stereocenters. The lowest BCUT2D eigenvalue weighted by molar-refractivity contribution is 0.576. The molecule has 2 aromatic rings. The van der Waals surface area contributed by atoms with E-state index in [1.54, 1.807) is 18.3 Å². The second kappa shape index (κ2) is 6.03. The van der Waals surface area contributed by atoms with Crippen LogP contribution in [0.4, 0.5) is 0 Å². The van der Waals surface area contributed by atoms with Gasteiger partial charge in [-0.2, -0.15) is 0 Å². The molecule has 19 heavy (non-hydrogen) atoms. The van der Waals surface area contributed by atoms with Gasteiger partial charge in [0.25, 0.3) is 0 Å². The van der Waals surface area contributed by atoms with Crippen LogP contribution in [-0.2, 0) is 9.84 Å². The molecular formula is C14H19NO2S2. The largest absolute Gasteiger partial charge is 0.308 e. The van der Waals surface area contributed by atoms with Gasteiger partial charge in [-0.25, -0.2) is 8.42 Å². The second-order valence-electron chi connectivity index (χ2n) is 4.60. The normalized spacial score (nSPS) is 13.8. The summed E-state index contributed by atoms with van der Waals surface area (Å²) in [7, 11) is -2.88. The van der Waals surface area contributed by atoms with Gasteiger partial charge in [0.1, 0.15) is 0 Å². The third-order valence-electron chi connectivity index (χ3n) is 3.17. The minimum Gasteiger partial charge on any atom is -0.308 e. The van der Waals surface area contributed by atoms with Crippen LogP contribution in [0.1, 0.15) is 24.8 Å². The molecule has 1 aromatic heterocycles. The van der Waals surface area contributed by atoms with Crippen molar-refractivity contribution in [2.45, 2.75) is 19.9 Å². The van der Waals surface area contributed by atoms with E-state index in [0.717, 1.165) is 0 Å². The molecule has 0 aliphatic heterocycles. The number of fused-ring (bicyclic) bond motifs is 1. The van der Waals surface area contributed by atoms with Gasteiger partial charge in [-0.15, -0.1) is 11.3 Å². The highest BCUT2D eigenvalue weighted by Gasteiger charge is 2.11. The third kappa shape index (κ3) is 3.78. The van der Waals surface area contributed by atoms with Crippen molar-refractivity contribution in [1.82, 2.24) is 5.32 Å². The van der Waals surface area contributed by atoms with Crippen molar-refractivity contribution in [2.24, 2.45) is 0 Å². The quantitative estimate of drug-likeness (QED) is 0.891. The van der Waals surface area contributed by atoms with Gasteiger partial charge in [-0.3, -0.25) is 0 Å². The van der Waals surface area contributed by atoms with Gasteiger partial charge in [-0.1, -0.05) is 25.1 Å². The molecule has 1 N–H and O–H groups in total. The van der Waals surface area contributed by atoms with Crippen LogP contribution in [0.15, 0.2) is 30.3 Å². The molecule has 0 radical (unpaired) electrons.